The Labute approximate surface area is 109 Å². The van der Waals surface area contributed by atoms with E-state index in [-0.39, 0.29) is 10.8 Å². The van der Waals surface area contributed by atoms with Crippen molar-refractivity contribution in [1.82, 2.24) is 0 Å². The standard InChI is InChI=1S/C15H26OSi/c1-14(2,3)11-9-8-10-12(17-16-7)13(11)15(4,5)6/h8-10H,17H2,1-7H3. The first-order valence-electron chi connectivity index (χ1n) is 6.29. The molecule has 0 aliphatic heterocycles. The van der Waals surface area contributed by atoms with Crippen LogP contribution < -0.4 is 5.19 Å². The van der Waals surface area contributed by atoms with E-state index in [2.05, 4.69) is 59.7 Å². The third kappa shape index (κ3) is 3.43. The third-order valence-corrected chi connectivity index (χ3v) is 4.20. The van der Waals surface area contributed by atoms with E-state index in [1.807, 2.05) is 7.11 Å². The number of hydrogen-bond donors (Lipinski definition) is 0. The first-order chi connectivity index (χ1) is 7.68. The van der Waals surface area contributed by atoms with Crippen molar-refractivity contribution in [2.45, 2.75) is 52.4 Å². The van der Waals surface area contributed by atoms with E-state index in [9.17, 15) is 0 Å². The van der Waals surface area contributed by atoms with Gasteiger partial charge < -0.3 is 4.43 Å². The van der Waals surface area contributed by atoms with Crippen LogP contribution in [0, 0.1) is 0 Å². The summed E-state index contributed by atoms with van der Waals surface area (Å²) < 4.78 is 5.47. The van der Waals surface area contributed by atoms with Gasteiger partial charge in [-0.25, -0.2) is 0 Å². The monoisotopic (exact) mass is 250 g/mol. The summed E-state index contributed by atoms with van der Waals surface area (Å²) in [6, 6.07) is 6.69. The molecule has 2 heteroatoms. The van der Waals surface area contributed by atoms with E-state index in [1.165, 1.54) is 16.3 Å². The topological polar surface area (TPSA) is 9.23 Å². The summed E-state index contributed by atoms with van der Waals surface area (Å²) in [5.41, 5.74) is 3.35. The molecule has 0 saturated carbocycles. The van der Waals surface area contributed by atoms with Gasteiger partial charge >= 0.3 is 0 Å². The Balaban J connectivity index is 3.46. The van der Waals surface area contributed by atoms with Gasteiger partial charge in [0, 0.05) is 7.11 Å². The maximum absolute atomic E-state index is 5.47. The van der Waals surface area contributed by atoms with Crippen LogP contribution in [-0.4, -0.2) is 16.9 Å². The zero-order valence-corrected chi connectivity index (χ0v) is 13.8. The number of hydrogen-bond acceptors (Lipinski definition) is 1. The molecular formula is C15H26OSi. The molecule has 0 N–H and O–H groups in total. The molecule has 0 bridgehead atoms. The molecule has 0 amide bonds. The highest BCUT2D eigenvalue weighted by Crippen LogP contribution is 2.32. The highest BCUT2D eigenvalue weighted by atomic mass is 28.2. The van der Waals surface area contributed by atoms with Gasteiger partial charge in [0.15, 0.2) is 9.76 Å². The molecule has 0 heterocycles. The summed E-state index contributed by atoms with van der Waals surface area (Å²) in [6.07, 6.45) is 0. The Kier molecular flexibility index (Phi) is 4.21. The van der Waals surface area contributed by atoms with Gasteiger partial charge in [-0.3, -0.25) is 0 Å². The van der Waals surface area contributed by atoms with Crippen LogP contribution in [0.4, 0.5) is 0 Å². The second-order valence-electron chi connectivity index (χ2n) is 6.77. The van der Waals surface area contributed by atoms with E-state index < -0.39 is 9.76 Å². The number of benzene rings is 1. The van der Waals surface area contributed by atoms with E-state index >= 15 is 0 Å². The highest BCUT2D eigenvalue weighted by molar-refractivity contribution is 6.47. The van der Waals surface area contributed by atoms with Crippen LogP contribution in [0.25, 0.3) is 0 Å². The van der Waals surface area contributed by atoms with Crippen molar-refractivity contribution < 1.29 is 4.43 Å². The van der Waals surface area contributed by atoms with Gasteiger partial charge in [0.1, 0.15) is 0 Å². The van der Waals surface area contributed by atoms with E-state index in [1.54, 1.807) is 0 Å². The molecule has 0 saturated heterocycles. The van der Waals surface area contributed by atoms with Gasteiger partial charge in [-0.15, -0.1) is 0 Å². The zero-order valence-electron chi connectivity index (χ0n) is 12.3. The molecule has 0 atom stereocenters. The maximum Gasteiger partial charge on any atom is 0.192 e. The molecule has 0 unspecified atom stereocenters. The van der Waals surface area contributed by atoms with Gasteiger partial charge in [0.2, 0.25) is 0 Å². The Morgan fingerprint density at radius 3 is 1.94 bits per heavy atom. The minimum atomic E-state index is -0.589. The Hall–Kier alpha value is -0.603. The average Bonchev–Trinajstić information content (AvgIpc) is 2.14. The van der Waals surface area contributed by atoms with Crippen LogP contribution in [0.3, 0.4) is 0 Å². The Morgan fingerprint density at radius 1 is 0.941 bits per heavy atom. The third-order valence-electron chi connectivity index (χ3n) is 3.01. The lowest BCUT2D eigenvalue weighted by molar-refractivity contribution is 0.449. The van der Waals surface area contributed by atoms with Crippen LogP contribution in [0.1, 0.15) is 52.7 Å². The summed E-state index contributed by atoms with van der Waals surface area (Å²) >= 11 is 0. The normalized spacial score (nSPS) is 13.6. The zero-order chi connectivity index (χ0) is 13.3. The van der Waals surface area contributed by atoms with Gasteiger partial charge in [0.05, 0.1) is 0 Å². The van der Waals surface area contributed by atoms with Crippen molar-refractivity contribution >= 4 is 14.9 Å². The fourth-order valence-electron chi connectivity index (χ4n) is 2.39. The first-order valence-corrected chi connectivity index (χ1v) is 7.58. The summed E-state index contributed by atoms with van der Waals surface area (Å²) in [4.78, 5) is 0. The van der Waals surface area contributed by atoms with Crippen molar-refractivity contribution in [3.05, 3.63) is 29.3 Å². The molecule has 1 rings (SSSR count). The summed E-state index contributed by atoms with van der Waals surface area (Å²) in [5.74, 6) is 0. The minimum absolute atomic E-state index is 0.185. The van der Waals surface area contributed by atoms with Crippen molar-refractivity contribution in [1.29, 1.82) is 0 Å². The smallest absolute Gasteiger partial charge is 0.192 e. The fraction of sp³-hybridized carbons (Fsp3) is 0.600. The molecular weight excluding hydrogens is 224 g/mol. The molecule has 0 aromatic heterocycles. The second-order valence-corrected chi connectivity index (χ2v) is 8.40. The molecule has 0 radical (unpaired) electrons. The largest absolute Gasteiger partial charge is 0.422 e. The van der Waals surface area contributed by atoms with Gasteiger partial charge in [-0.1, -0.05) is 59.7 Å². The predicted molar refractivity (Wildman–Crippen MR) is 79.0 cm³/mol. The van der Waals surface area contributed by atoms with Crippen LogP contribution in [-0.2, 0) is 15.3 Å². The van der Waals surface area contributed by atoms with Crippen molar-refractivity contribution in [3.63, 3.8) is 0 Å². The molecule has 17 heavy (non-hydrogen) atoms. The van der Waals surface area contributed by atoms with Crippen LogP contribution in [0.2, 0.25) is 0 Å². The summed E-state index contributed by atoms with van der Waals surface area (Å²) in [5, 5.41) is 1.45. The maximum atomic E-state index is 5.47. The molecule has 1 aromatic carbocycles. The molecule has 0 aliphatic rings. The Morgan fingerprint density at radius 2 is 1.53 bits per heavy atom. The molecule has 1 aromatic rings. The fourth-order valence-corrected chi connectivity index (χ4v) is 3.80. The van der Waals surface area contributed by atoms with Crippen LogP contribution >= 0.6 is 0 Å². The SMILES string of the molecule is CO[SiH2]c1cccc(C(C)(C)C)c1C(C)(C)C. The van der Waals surface area contributed by atoms with E-state index in [0.29, 0.717) is 0 Å². The van der Waals surface area contributed by atoms with Crippen molar-refractivity contribution in [3.8, 4) is 0 Å². The summed E-state index contributed by atoms with van der Waals surface area (Å²) in [7, 11) is 1.23. The lowest BCUT2D eigenvalue weighted by Gasteiger charge is -2.32. The van der Waals surface area contributed by atoms with Gasteiger partial charge in [-0.2, -0.15) is 0 Å². The lowest BCUT2D eigenvalue weighted by atomic mass is 9.75. The highest BCUT2D eigenvalue weighted by Gasteiger charge is 2.27. The average molecular weight is 250 g/mol. The second kappa shape index (κ2) is 4.95. The molecule has 0 aliphatic carbocycles. The van der Waals surface area contributed by atoms with Gasteiger partial charge in [0.25, 0.3) is 0 Å². The molecule has 96 valence electrons. The molecule has 1 nitrogen and oxygen atoms in total. The van der Waals surface area contributed by atoms with Crippen LogP contribution in [0.15, 0.2) is 18.2 Å². The number of rotatable bonds is 2. The van der Waals surface area contributed by atoms with Crippen molar-refractivity contribution in [2.24, 2.45) is 0 Å². The minimum Gasteiger partial charge on any atom is -0.422 e. The quantitative estimate of drug-likeness (QED) is 0.733. The van der Waals surface area contributed by atoms with E-state index in [0.717, 1.165) is 0 Å². The van der Waals surface area contributed by atoms with Crippen molar-refractivity contribution in [2.75, 3.05) is 7.11 Å². The van der Waals surface area contributed by atoms with E-state index in [4.69, 9.17) is 4.43 Å². The molecule has 0 spiro atoms. The first kappa shape index (κ1) is 14.5. The predicted octanol–water partition coefficient (Wildman–Crippen LogP) is 2.64. The lowest BCUT2D eigenvalue weighted by Crippen LogP contribution is -2.33. The molecule has 0 fully saturated rings. The van der Waals surface area contributed by atoms with Crippen LogP contribution in [0.5, 0.6) is 0 Å². The van der Waals surface area contributed by atoms with Gasteiger partial charge in [-0.05, 0) is 27.1 Å². The Bertz CT molecular complexity index is 383. The summed E-state index contributed by atoms with van der Waals surface area (Å²) in [6.45, 7) is 13.8.